The third-order valence-electron chi connectivity index (χ3n) is 1.30. The normalized spacial score (nSPS) is 29.2. The first kappa shape index (κ1) is 6.55. The van der Waals surface area contributed by atoms with E-state index in [1.165, 1.54) is 0 Å². The molecule has 0 radical (unpaired) electrons. The van der Waals surface area contributed by atoms with Gasteiger partial charge in [-0.15, -0.1) is 0 Å². The molecule has 0 bridgehead atoms. The number of aliphatic imine (C=N–C) groups is 1. The van der Waals surface area contributed by atoms with Crippen molar-refractivity contribution in [2.75, 3.05) is 13.6 Å². The standard InChI is InChI=1S/C6H13N3/c1-5-4-9(3)8-6(2)7-5/h5H,4H2,1-3H3,(H,7,8). The van der Waals surface area contributed by atoms with Crippen LogP contribution in [0.5, 0.6) is 0 Å². The third kappa shape index (κ3) is 1.68. The van der Waals surface area contributed by atoms with Crippen molar-refractivity contribution in [3.63, 3.8) is 0 Å². The van der Waals surface area contributed by atoms with Crippen LogP contribution in [-0.4, -0.2) is 30.5 Å². The summed E-state index contributed by atoms with van der Waals surface area (Å²) in [4.78, 5) is 4.30. The number of amidine groups is 1. The fourth-order valence-corrected chi connectivity index (χ4v) is 1.12. The Kier molecular flexibility index (Phi) is 1.71. The van der Waals surface area contributed by atoms with Gasteiger partial charge in [-0.1, -0.05) is 0 Å². The topological polar surface area (TPSA) is 27.6 Å². The highest BCUT2D eigenvalue weighted by Gasteiger charge is 2.10. The Morgan fingerprint density at radius 1 is 1.78 bits per heavy atom. The van der Waals surface area contributed by atoms with Crippen LogP contribution < -0.4 is 5.43 Å². The van der Waals surface area contributed by atoms with Crippen LogP contribution in [0.1, 0.15) is 13.8 Å². The molecule has 9 heavy (non-hydrogen) atoms. The van der Waals surface area contributed by atoms with Gasteiger partial charge in [0.1, 0.15) is 5.84 Å². The van der Waals surface area contributed by atoms with Crippen molar-refractivity contribution in [1.82, 2.24) is 10.4 Å². The quantitative estimate of drug-likeness (QED) is 0.505. The number of rotatable bonds is 0. The molecule has 0 amide bonds. The lowest BCUT2D eigenvalue weighted by Gasteiger charge is -2.26. The molecule has 1 heterocycles. The number of hydrogen-bond acceptors (Lipinski definition) is 3. The highest BCUT2D eigenvalue weighted by molar-refractivity contribution is 5.79. The molecule has 1 unspecified atom stereocenters. The summed E-state index contributed by atoms with van der Waals surface area (Å²) in [6, 6.07) is 0.441. The van der Waals surface area contributed by atoms with Crippen LogP contribution in [0.4, 0.5) is 0 Å². The molecule has 0 spiro atoms. The van der Waals surface area contributed by atoms with Crippen molar-refractivity contribution in [3.05, 3.63) is 0 Å². The SMILES string of the molecule is CC1=NC(C)CN(C)N1. The summed E-state index contributed by atoms with van der Waals surface area (Å²) in [5.41, 5.74) is 3.09. The fraction of sp³-hybridized carbons (Fsp3) is 0.833. The number of nitrogens with one attached hydrogen (secondary N) is 1. The molecule has 1 rings (SSSR count). The Labute approximate surface area is 55.7 Å². The van der Waals surface area contributed by atoms with Gasteiger partial charge in [-0.3, -0.25) is 4.99 Å². The molecule has 1 aliphatic heterocycles. The molecule has 3 nitrogen and oxygen atoms in total. The summed E-state index contributed by atoms with van der Waals surface area (Å²) in [5, 5.41) is 2.05. The Morgan fingerprint density at radius 3 is 2.89 bits per heavy atom. The van der Waals surface area contributed by atoms with E-state index < -0.39 is 0 Å². The van der Waals surface area contributed by atoms with Gasteiger partial charge in [-0.2, -0.15) is 0 Å². The maximum Gasteiger partial charge on any atom is 0.108 e. The molecule has 0 aromatic carbocycles. The molecule has 3 heteroatoms. The summed E-state index contributed by atoms with van der Waals surface area (Å²) >= 11 is 0. The first-order valence-corrected chi connectivity index (χ1v) is 3.20. The average Bonchev–Trinajstić information content (AvgIpc) is 1.59. The zero-order valence-electron chi connectivity index (χ0n) is 6.18. The monoisotopic (exact) mass is 127 g/mol. The summed E-state index contributed by atoms with van der Waals surface area (Å²) in [6.45, 7) is 5.09. The van der Waals surface area contributed by atoms with Crippen molar-refractivity contribution in [3.8, 4) is 0 Å². The van der Waals surface area contributed by atoms with Crippen LogP contribution >= 0.6 is 0 Å². The van der Waals surface area contributed by atoms with E-state index in [1.807, 2.05) is 19.0 Å². The minimum Gasteiger partial charge on any atom is -0.307 e. The van der Waals surface area contributed by atoms with E-state index in [0.717, 1.165) is 12.4 Å². The Bertz CT molecular complexity index is 130. The van der Waals surface area contributed by atoms with Crippen molar-refractivity contribution >= 4 is 5.84 Å². The molecule has 0 saturated heterocycles. The van der Waals surface area contributed by atoms with E-state index in [1.54, 1.807) is 0 Å². The summed E-state index contributed by atoms with van der Waals surface area (Å²) in [5.74, 6) is 1.01. The molecular weight excluding hydrogens is 114 g/mol. The lowest BCUT2D eigenvalue weighted by Crippen LogP contribution is -2.46. The van der Waals surface area contributed by atoms with Gasteiger partial charge >= 0.3 is 0 Å². The van der Waals surface area contributed by atoms with Gasteiger partial charge in [-0.05, 0) is 13.8 Å². The van der Waals surface area contributed by atoms with Crippen LogP contribution in [0.2, 0.25) is 0 Å². The van der Waals surface area contributed by atoms with Crippen LogP contribution in [0, 0.1) is 0 Å². The lowest BCUT2D eigenvalue weighted by atomic mass is 10.3. The van der Waals surface area contributed by atoms with Gasteiger partial charge in [0.25, 0.3) is 0 Å². The van der Waals surface area contributed by atoms with E-state index >= 15 is 0 Å². The second kappa shape index (κ2) is 2.35. The fourth-order valence-electron chi connectivity index (χ4n) is 1.12. The van der Waals surface area contributed by atoms with Crippen molar-refractivity contribution < 1.29 is 0 Å². The molecule has 0 aromatic rings. The molecule has 1 N–H and O–H groups in total. The Morgan fingerprint density at radius 2 is 2.44 bits per heavy atom. The van der Waals surface area contributed by atoms with E-state index in [-0.39, 0.29) is 0 Å². The molecule has 0 fully saturated rings. The largest absolute Gasteiger partial charge is 0.307 e. The maximum atomic E-state index is 4.30. The number of hydrazine groups is 1. The molecule has 0 saturated carbocycles. The molecular formula is C6H13N3. The predicted molar refractivity (Wildman–Crippen MR) is 38.3 cm³/mol. The van der Waals surface area contributed by atoms with Crippen LogP contribution in [0.25, 0.3) is 0 Å². The summed E-state index contributed by atoms with van der Waals surface area (Å²) in [7, 11) is 2.02. The number of nitrogens with zero attached hydrogens (tertiary/aromatic N) is 2. The third-order valence-corrected chi connectivity index (χ3v) is 1.30. The maximum absolute atomic E-state index is 4.30. The van der Waals surface area contributed by atoms with Crippen molar-refractivity contribution in [2.24, 2.45) is 4.99 Å². The van der Waals surface area contributed by atoms with Crippen LogP contribution in [-0.2, 0) is 0 Å². The van der Waals surface area contributed by atoms with Crippen molar-refractivity contribution in [1.29, 1.82) is 0 Å². The smallest absolute Gasteiger partial charge is 0.108 e. The highest BCUT2D eigenvalue weighted by atomic mass is 15.5. The van der Waals surface area contributed by atoms with Crippen LogP contribution in [0.3, 0.4) is 0 Å². The lowest BCUT2D eigenvalue weighted by molar-refractivity contribution is 0.261. The van der Waals surface area contributed by atoms with Gasteiger partial charge in [0, 0.05) is 13.6 Å². The second-order valence-corrected chi connectivity index (χ2v) is 2.56. The Hall–Kier alpha value is -0.570. The van der Waals surface area contributed by atoms with Gasteiger partial charge in [0.15, 0.2) is 0 Å². The first-order valence-electron chi connectivity index (χ1n) is 3.20. The first-order chi connectivity index (χ1) is 4.18. The molecule has 1 aliphatic rings. The zero-order valence-corrected chi connectivity index (χ0v) is 6.18. The van der Waals surface area contributed by atoms with Gasteiger partial charge < -0.3 is 5.43 Å². The van der Waals surface area contributed by atoms with Gasteiger partial charge in [0.2, 0.25) is 0 Å². The minimum atomic E-state index is 0.441. The van der Waals surface area contributed by atoms with E-state index in [0.29, 0.717) is 6.04 Å². The van der Waals surface area contributed by atoms with Crippen LogP contribution in [0.15, 0.2) is 4.99 Å². The number of likely N-dealkylation sites (N-methyl/N-ethyl adjacent to an activating group) is 1. The van der Waals surface area contributed by atoms with E-state index in [4.69, 9.17) is 0 Å². The van der Waals surface area contributed by atoms with Crippen molar-refractivity contribution in [2.45, 2.75) is 19.9 Å². The molecule has 52 valence electrons. The molecule has 0 aliphatic carbocycles. The van der Waals surface area contributed by atoms with Gasteiger partial charge in [0.05, 0.1) is 6.04 Å². The van der Waals surface area contributed by atoms with E-state index in [2.05, 4.69) is 17.3 Å². The summed E-state index contributed by atoms with van der Waals surface area (Å²) in [6.07, 6.45) is 0. The van der Waals surface area contributed by atoms with Gasteiger partial charge in [-0.25, -0.2) is 5.01 Å². The minimum absolute atomic E-state index is 0.441. The number of hydrogen-bond donors (Lipinski definition) is 1. The molecule has 1 atom stereocenters. The molecule has 0 aromatic heterocycles. The summed E-state index contributed by atoms with van der Waals surface area (Å²) < 4.78 is 0. The van der Waals surface area contributed by atoms with E-state index in [9.17, 15) is 0 Å². The zero-order chi connectivity index (χ0) is 6.85. The average molecular weight is 127 g/mol. The Balaban J connectivity index is 2.56. The second-order valence-electron chi connectivity index (χ2n) is 2.56. The highest BCUT2D eigenvalue weighted by Crippen LogP contribution is 1.97. The predicted octanol–water partition coefficient (Wildman–Crippen LogP) is 0.243.